The number of halogens is 2. The van der Waals surface area contributed by atoms with Crippen LogP contribution in [0.4, 0.5) is 0 Å². The van der Waals surface area contributed by atoms with Crippen LogP contribution in [0.5, 0.6) is 0 Å². The van der Waals surface area contributed by atoms with Crippen molar-refractivity contribution in [1.29, 1.82) is 0 Å². The molecule has 2 atom stereocenters. The number of hydrogen-bond acceptors (Lipinski definition) is 0. The van der Waals surface area contributed by atoms with E-state index in [1.165, 1.54) is 61.2 Å². The Labute approximate surface area is 267 Å². The van der Waals surface area contributed by atoms with Gasteiger partial charge in [0.15, 0.2) is 0 Å². The molecule has 0 aliphatic heterocycles. The molecule has 0 nitrogen and oxygen atoms in total. The van der Waals surface area contributed by atoms with Crippen molar-refractivity contribution >= 4 is 35.1 Å². The molecule has 0 bridgehead atoms. The summed E-state index contributed by atoms with van der Waals surface area (Å²) in [6.07, 6.45) is 7.10. The molecule has 0 N–H and O–H groups in total. The Morgan fingerprint density at radius 1 is 0.721 bits per heavy atom. The maximum absolute atomic E-state index is 8.69. The minimum atomic E-state index is -4.83. The van der Waals surface area contributed by atoms with Crippen LogP contribution in [0.25, 0.3) is 34.4 Å². The monoisotopic (exact) mass is 699 g/mol. The van der Waals surface area contributed by atoms with Crippen molar-refractivity contribution in [2.75, 3.05) is 0 Å². The standard InChI is InChI=1S/C19H19.C18H17.C2H7Si.2ClH.Zr/c1-3-7-15-12-18-14(2)10-11-17(19(18)13-15)16-8-5-4-6-9-16;1-13(2)16-11-15-9-6-10-17(18(15)12-16)14-7-4-3-5-8-14;1-3-2;;;/h4-6,8-13H,3,7H2,1-2H3;3-13H,1-2H3;3H,1-2H3;2*1H;/q;;;;;+2/p-2. The molecule has 0 radical (unpaired) electrons. The van der Waals surface area contributed by atoms with E-state index in [2.05, 4.69) is 144 Å². The van der Waals surface area contributed by atoms with Gasteiger partial charge in [-0.05, 0) is 0 Å². The zero-order valence-corrected chi connectivity index (χ0v) is 31.4. The van der Waals surface area contributed by atoms with Crippen molar-refractivity contribution in [3.8, 4) is 22.3 Å². The minimum absolute atomic E-state index is 0.103. The zero-order chi connectivity index (χ0) is 30.5. The Balaban J connectivity index is 1.64. The quantitative estimate of drug-likeness (QED) is 0.160. The molecule has 2 aliphatic carbocycles. The van der Waals surface area contributed by atoms with Crippen molar-refractivity contribution in [1.82, 2.24) is 0 Å². The Kier molecular flexibility index (Phi) is 8.49. The van der Waals surface area contributed by atoms with Gasteiger partial charge in [0.1, 0.15) is 0 Å². The molecule has 4 heteroatoms. The summed E-state index contributed by atoms with van der Waals surface area (Å²) in [7, 11) is 17.4. The van der Waals surface area contributed by atoms with Crippen LogP contribution in [0.2, 0.25) is 13.1 Å². The van der Waals surface area contributed by atoms with Gasteiger partial charge in [-0.15, -0.1) is 0 Å². The maximum atomic E-state index is 8.69. The van der Waals surface area contributed by atoms with E-state index in [4.69, 9.17) is 17.0 Å². The third-order valence-corrected chi connectivity index (χ3v) is 61.9. The summed E-state index contributed by atoms with van der Waals surface area (Å²) in [6, 6.07) is 33.1. The van der Waals surface area contributed by atoms with Gasteiger partial charge in [-0.25, -0.2) is 0 Å². The van der Waals surface area contributed by atoms with Gasteiger partial charge in [-0.1, -0.05) is 0 Å². The fraction of sp³-hybridized carbons (Fsp3) is 0.282. The predicted molar refractivity (Wildman–Crippen MR) is 190 cm³/mol. The number of aryl methyl sites for hydroxylation is 1. The second-order valence-electron chi connectivity index (χ2n) is 13.3. The van der Waals surface area contributed by atoms with Gasteiger partial charge in [0.2, 0.25) is 0 Å². The predicted octanol–water partition coefficient (Wildman–Crippen LogP) is 12.3. The van der Waals surface area contributed by atoms with Gasteiger partial charge < -0.3 is 0 Å². The molecule has 0 fully saturated rings. The second-order valence-corrected chi connectivity index (χ2v) is 55.8. The molecule has 6 rings (SSSR count). The van der Waals surface area contributed by atoms with Gasteiger partial charge in [-0.3, -0.25) is 0 Å². The van der Waals surface area contributed by atoms with Crippen molar-refractivity contribution in [2.24, 2.45) is 5.92 Å². The number of allylic oxidation sites excluding steroid dienone is 2. The fourth-order valence-electron chi connectivity index (χ4n) is 7.99. The van der Waals surface area contributed by atoms with Crippen LogP contribution in [0.1, 0.15) is 68.7 Å². The molecule has 4 aromatic rings. The summed E-state index contributed by atoms with van der Waals surface area (Å²) in [4.78, 5) is 0. The first-order valence-electron chi connectivity index (χ1n) is 15.9. The molecule has 0 saturated carbocycles. The van der Waals surface area contributed by atoms with E-state index in [0.717, 1.165) is 12.8 Å². The van der Waals surface area contributed by atoms with Crippen molar-refractivity contribution in [3.05, 3.63) is 130 Å². The average Bonchev–Trinajstić information content (AvgIpc) is 3.60. The van der Waals surface area contributed by atoms with E-state index >= 15 is 0 Å². The van der Waals surface area contributed by atoms with E-state index in [-0.39, 0.29) is 7.25 Å². The number of benzene rings is 4. The van der Waals surface area contributed by atoms with Gasteiger partial charge in [0.05, 0.1) is 0 Å². The molecule has 0 spiro atoms. The molecule has 2 aliphatic rings. The van der Waals surface area contributed by atoms with Crippen molar-refractivity contribution in [3.63, 3.8) is 0 Å². The van der Waals surface area contributed by atoms with Crippen molar-refractivity contribution < 1.29 is 15.6 Å². The summed E-state index contributed by atoms with van der Waals surface area (Å²) < 4.78 is 0.222. The van der Waals surface area contributed by atoms with Crippen LogP contribution in [-0.4, -0.2) is 5.92 Å². The van der Waals surface area contributed by atoms with Crippen LogP contribution in [0.3, 0.4) is 0 Å². The van der Waals surface area contributed by atoms with E-state index in [1.807, 2.05) is 0 Å². The first-order chi connectivity index (χ1) is 20.6. The van der Waals surface area contributed by atoms with E-state index in [0.29, 0.717) is 5.92 Å². The van der Waals surface area contributed by atoms with Crippen LogP contribution < -0.4 is 0 Å². The Bertz CT molecular complexity index is 1730. The van der Waals surface area contributed by atoms with Crippen LogP contribution in [0, 0.1) is 12.8 Å². The average molecular weight is 702 g/mol. The summed E-state index contributed by atoms with van der Waals surface area (Å²) >= 11 is -4.83. The zero-order valence-electron chi connectivity index (χ0n) is 26.3. The van der Waals surface area contributed by atoms with Gasteiger partial charge >= 0.3 is 270 Å². The fourth-order valence-corrected chi connectivity index (χ4v) is 39.5. The summed E-state index contributed by atoms with van der Waals surface area (Å²) in [5, 5.41) is 0. The molecule has 0 aromatic heterocycles. The van der Waals surface area contributed by atoms with E-state index < -0.39 is 21.5 Å². The molecule has 221 valence electrons. The summed E-state index contributed by atoms with van der Waals surface area (Å²) in [5.41, 5.74) is 14.8. The second kappa shape index (κ2) is 11.8. The van der Waals surface area contributed by atoms with Gasteiger partial charge in [-0.2, -0.15) is 0 Å². The van der Waals surface area contributed by atoms with Gasteiger partial charge in [0, 0.05) is 0 Å². The third-order valence-electron chi connectivity index (χ3n) is 10.2. The number of rotatable bonds is 8. The number of fused-ring (bicyclic) bond motifs is 2. The first kappa shape index (κ1) is 31.0. The Morgan fingerprint density at radius 3 is 1.88 bits per heavy atom. The molecular formula is C39H43Cl2SiZr. The summed E-state index contributed by atoms with van der Waals surface area (Å²) in [6.45, 7) is 14.2. The SMILES string of the molecule is CCCC1=Cc2c(-c3ccccc3)ccc(C)c2[CH]1[Zr]([Cl])([Cl])([CH]1C(C(C)C)=Cc2c(-c3ccccc3)cccc21)[SiH](C)C. The Hall–Kier alpha value is -1.96. The molecule has 0 amide bonds. The number of hydrogen-bond donors (Lipinski definition) is 0. The van der Waals surface area contributed by atoms with Crippen LogP contribution in [-0.2, 0) is 15.6 Å². The molecule has 2 unspecified atom stereocenters. The Morgan fingerprint density at radius 2 is 1.33 bits per heavy atom. The molecule has 4 aromatic carbocycles. The van der Waals surface area contributed by atoms with Gasteiger partial charge in [0.25, 0.3) is 0 Å². The summed E-state index contributed by atoms with van der Waals surface area (Å²) in [5.74, 6) is -1.27. The van der Waals surface area contributed by atoms with E-state index in [1.54, 1.807) is 0 Å². The molecule has 0 heterocycles. The first-order valence-corrected chi connectivity index (χ1v) is 32.3. The topological polar surface area (TPSA) is 0 Å². The third kappa shape index (κ3) is 4.96. The van der Waals surface area contributed by atoms with Crippen LogP contribution in [0.15, 0.2) is 102 Å². The molecule has 0 saturated heterocycles. The molecule has 43 heavy (non-hydrogen) atoms. The van der Waals surface area contributed by atoms with Crippen molar-refractivity contribution in [2.45, 2.75) is 60.9 Å². The molecular weight excluding hydrogens is 659 g/mol. The van der Waals surface area contributed by atoms with E-state index in [9.17, 15) is 0 Å². The normalized spacial score (nSPS) is 18.7. The van der Waals surface area contributed by atoms with Crippen LogP contribution >= 0.6 is 17.0 Å².